The summed E-state index contributed by atoms with van der Waals surface area (Å²) in [5, 5.41) is 18.3. The molecule has 0 heterocycles. The highest BCUT2D eigenvalue weighted by molar-refractivity contribution is 5.96. The zero-order valence-electron chi connectivity index (χ0n) is 8.72. The molecular formula is C13H9FO3. The Bertz CT molecular complexity index is 579. The van der Waals surface area contributed by atoms with Gasteiger partial charge in [0.1, 0.15) is 11.6 Å². The fourth-order valence-corrected chi connectivity index (χ4v) is 1.62. The summed E-state index contributed by atoms with van der Waals surface area (Å²) in [7, 11) is 0. The molecule has 0 unspecified atom stereocenters. The largest absolute Gasteiger partial charge is 0.508 e. The van der Waals surface area contributed by atoms with Crippen molar-refractivity contribution < 1.29 is 19.4 Å². The van der Waals surface area contributed by atoms with Crippen molar-refractivity contribution in [2.75, 3.05) is 0 Å². The molecule has 0 saturated carbocycles. The van der Waals surface area contributed by atoms with E-state index < -0.39 is 11.8 Å². The number of phenolic OH excluding ortho intramolecular Hbond substituents is 1. The van der Waals surface area contributed by atoms with Crippen molar-refractivity contribution in [1.29, 1.82) is 0 Å². The minimum atomic E-state index is -1.21. The third kappa shape index (κ3) is 2.10. The van der Waals surface area contributed by atoms with Gasteiger partial charge in [-0.3, -0.25) is 0 Å². The summed E-state index contributed by atoms with van der Waals surface area (Å²) in [6.45, 7) is 0. The van der Waals surface area contributed by atoms with Gasteiger partial charge in [-0.05, 0) is 29.8 Å². The predicted octanol–water partition coefficient (Wildman–Crippen LogP) is 2.90. The van der Waals surface area contributed by atoms with Gasteiger partial charge >= 0.3 is 5.97 Å². The number of aromatic hydroxyl groups is 1. The number of hydrogen-bond acceptors (Lipinski definition) is 2. The lowest BCUT2D eigenvalue weighted by Crippen LogP contribution is -2.00. The van der Waals surface area contributed by atoms with Gasteiger partial charge in [-0.2, -0.15) is 0 Å². The van der Waals surface area contributed by atoms with Gasteiger partial charge in [0.15, 0.2) is 0 Å². The number of carboxylic acids is 1. The van der Waals surface area contributed by atoms with Gasteiger partial charge in [0.05, 0.1) is 5.56 Å². The highest BCUT2D eigenvalue weighted by Crippen LogP contribution is 2.28. The lowest BCUT2D eigenvalue weighted by molar-refractivity contribution is 0.0697. The van der Waals surface area contributed by atoms with Gasteiger partial charge in [0, 0.05) is 5.56 Å². The standard InChI is InChI=1S/C13H9FO3/c14-12-4-2-1-3-10(12)9-6-5-8(15)7-11(9)13(16)17/h1-7,15H,(H,16,17). The highest BCUT2D eigenvalue weighted by Gasteiger charge is 2.14. The molecule has 0 aliphatic carbocycles. The molecule has 0 saturated heterocycles. The van der Waals surface area contributed by atoms with Crippen molar-refractivity contribution in [3.8, 4) is 16.9 Å². The maximum atomic E-state index is 13.6. The number of rotatable bonds is 2. The Morgan fingerprint density at radius 1 is 1.06 bits per heavy atom. The van der Waals surface area contributed by atoms with E-state index in [1.165, 1.54) is 30.3 Å². The summed E-state index contributed by atoms with van der Waals surface area (Å²) in [5.74, 6) is -1.87. The van der Waals surface area contributed by atoms with E-state index in [9.17, 15) is 14.3 Å². The normalized spacial score (nSPS) is 10.2. The van der Waals surface area contributed by atoms with Crippen LogP contribution >= 0.6 is 0 Å². The van der Waals surface area contributed by atoms with Crippen LogP contribution in [0.4, 0.5) is 4.39 Å². The van der Waals surface area contributed by atoms with Crippen molar-refractivity contribution in [3.05, 3.63) is 53.8 Å². The van der Waals surface area contributed by atoms with Gasteiger partial charge in [-0.15, -0.1) is 0 Å². The summed E-state index contributed by atoms with van der Waals surface area (Å²) in [5.41, 5.74) is 0.313. The van der Waals surface area contributed by atoms with Crippen LogP contribution in [0, 0.1) is 5.82 Å². The Morgan fingerprint density at radius 2 is 1.76 bits per heavy atom. The second-order valence-electron chi connectivity index (χ2n) is 3.51. The number of benzene rings is 2. The van der Waals surface area contributed by atoms with Crippen LogP contribution in [-0.4, -0.2) is 16.2 Å². The van der Waals surface area contributed by atoms with Gasteiger partial charge < -0.3 is 10.2 Å². The van der Waals surface area contributed by atoms with Crippen LogP contribution < -0.4 is 0 Å². The predicted molar refractivity (Wildman–Crippen MR) is 60.5 cm³/mol. The van der Waals surface area contributed by atoms with E-state index in [2.05, 4.69) is 0 Å². The number of carboxylic acid groups (broad SMARTS) is 1. The van der Waals surface area contributed by atoms with Gasteiger partial charge in [0.25, 0.3) is 0 Å². The maximum Gasteiger partial charge on any atom is 0.336 e. The smallest absolute Gasteiger partial charge is 0.336 e. The van der Waals surface area contributed by atoms with Gasteiger partial charge in [-0.25, -0.2) is 9.18 Å². The third-order valence-electron chi connectivity index (χ3n) is 2.40. The van der Waals surface area contributed by atoms with E-state index in [4.69, 9.17) is 5.11 Å². The molecule has 86 valence electrons. The first-order valence-corrected chi connectivity index (χ1v) is 4.91. The Morgan fingerprint density at radius 3 is 2.41 bits per heavy atom. The molecular weight excluding hydrogens is 223 g/mol. The Labute approximate surface area is 96.8 Å². The van der Waals surface area contributed by atoms with E-state index in [1.54, 1.807) is 6.07 Å². The summed E-state index contributed by atoms with van der Waals surface area (Å²) in [6.07, 6.45) is 0. The second kappa shape index (κ2) is 4.25. The minimum absolute atomic E-state index is 0.130. The van der Waals surface area contributed by atoms with Crippen molar-refractivity contribution in [1.82, 2.24) is 0 Å². The average molecular weight is 232 g/mol. The summed E-state index contributed by atoms with van der Waals surface area (Å²) in [4.78, 5) is 11.0. The molecule has 2 aromatic rings. The number of hydrogen-bond donors (Lipinski definition) is 2. The van der Waals surface area contributed by atoms with Gasteiger partial charge in [-0.1, -0.05) is 18.2 Å². The number of halogens is 1. The minimum Gasteiger partial charge on any atom is -0.508 e. The third-order valence-corrected chi connectivity index (χ3v) is 2.40. The monoisotopic (exact) mass is 232 g/mol. The van der Waals surface area contributed by atoms with Crippen molar-refractivity contribution in [2.45, 2.75) is 0 Å². The first-order chi connectivity index (χ1) is 8.09. The van der Waals surface area contributed by atoms with Crippen LogP contribution in [0.25, 0.3) is 11.1 Å². The quantitative estimate of drug-likeness (QED) is 0.836. The Balaban J connectivity index is 2.68. The lowest BCUT2D eigenvalue weighted by atomic mass is 9.99. The number of carbonyl (C=O) groups is 1. The second-order valence-corrected chi connectivity index (χ2v) is 3.51. The van der Waals surface area contributed by atoms with Crippen LogP contribution in [0.5, 0.6) is 5.75 Å². The molecule has 0 aliphatic heterocycles. The van der Waals surface area contributed by atoms with E-state index >= 15 is 0 Å². The first kappa shape index (κ1) is 11.1. The van der Waals surface area contributed by atoms with Crippen LogP contribution in [-0.2, 0) is 0 Å². The molecule has 0 aliphatic rings. The Kier molecular flexibility index (Phi) is 2.78. The molecule has 17 heavy (non-hydrogen) atoms. The molecule has 3 nitrogen and oxygen atoms in total. The molecule has 0 amide bonds. The van der Waals surface area contributed by atoms with E-state index in [0.29, 0.717) is 0 Å². The van der Waals surface area contributed by atoms with E-state index in [1.807, 2.05) is 0 Å². The van der Waals surface area contributed by atoms with Crippen LogP contribution in [0.15, 0.2) is 42.5 Å². The summed E-state index contributed by atoms with van der Waals surface area (Å²) >= 11 is 0. The van der Waals surface area contributed by atoms with E-state index in [0.717, 1.165) is 6.07 Å². The van der Waals surface area contributed by atoms with Crippen molar-refractivity contribution in [3.63, 3.8) is 0 Å². The summed E-state index contributed by atoms with van der Waals surface area (Å²) in [6, 6.07) is 9.72. The fourth-order valence-electron chi connectivity index (χ4n) is 1.62. The van der Waals surface area contributed by atoms with Gasteiger partial charge in [0.2, 0.25) is 0 Å². The molecule has 0 bridgehead atoms. The summed E-state index contributed by atoms with van der Waals surface area (Å²) < 4.78 is 13.6. The van der Waals surface area contributed by atoms with Crippen molar-refractivity contribution in [2.24, 2.45) is 0 Å². The maximum absolute atomic E-state index is 13.6. The molecule has 0 aromatic heterocycles. The van der Waals surface area contributed by atoms with Crippen LogP contribution in [0.2, 0.25) is 0 Å². The van der Waals surface area contributed by atoms with Crippen molar-refractivity contribution >= 4 is 5.97 Å². The first-order valence-electron chi connectivity index (χ1n) is 4.91. The zero-order chi connectivity index (χ0) is 12.4. The van der Waals surface area contributed by atoms with Crippen LogP contribution in [0.1, 0.15) is 10.4 Å². The topological polar surface area (TPSA) is 57.5 Å². The van der Waals surface area contributed by atoms with E-state index in [-0.39, 0.29) is 22.4 Å². The van der Waals surface area contributed by atoms with Crippen LogP contribution in [0.3, 0.4) is 0 Å². The highest BCUT2D eigenvalue weighted by atomic mass is 19.1. The lowest BCUT2D eigenvalue weighted by Gasteiger charge is -2.07. The zero-order valence-corrected chi connectivity index (χ0v) is 8.72. The number of aromatic carboxylic acids is 1. The molecule has 4 heteroatoms. The average Bonchev–Trinajstić information content (AvgIpc) is 2.30. The molecule has 2 rings (SSSR count). The Hall–Kier alpha value is -2.36. The molecule has 2 N–H and O–H groups in total. The fraction of sp³-hybridized carbons (Fsp3) is 0. The molecule has 0 fully saturated rings. The molecule has 2 aromatic carbocycles. The molecule has 0 spiro atoms. The SMILES string of the molecule is O=C(O)c1cc(O)ccc1-c1ccccc1F. The molecule has 0 atom stereocenters. The number of phenols is 1. The molecule has 0 radical (unpaired) electrons.